The maximum absolute atomic E-state index is 13.1. The number of halogens is 1. The van der Waals surface area contributed by atoms with Gasteiger partial charge in [-0.1, -0.05) is 0 Å². The Morgan fingerprint density at radius 2 is 2.19 bits per heavy atom. The molecule has 0 radical (unpaired) electrons. The van der Waals surface area contributed by atoms with Crippen molar-refractivity contribution in [3.05, 3.63) is 34.6 Å². The number of fused-ring (bicyclic) bond motifs is 1. The molecule has 0 fully saturated rings. The van der Waals surface area contributed by atoms with Gasteiger partial charge in [0.25, 0.3) is 0 Å². The predicted molar refractivity (Wildman–Crippen MR) is 97.4 cm³/mol. The minimum Gasteiger partial charge on any atom is -0.477 e. The Hall–Kier alpha value is -2.81. The molecule has 3 aromatic rings. The lowest BCUT2D eigenvalue weighted by atomic mass is 10.2. The van der Waals surface area contributed by atoms with Crippen molar-refractivity contribution in [2.45, 2.75) is 26.9 Å². The lowest BCUT2D eigenvalue weighted by Gasteiger charge is -2.13. The number of nitrogens with zero attached hydrogens (tertiary/aromatic N) is 3. The van der Waals surface area contributed by atoms with Gasteiger partial charge in [0.1, 0.15) is 39.8 Å². The number of carboxylic acid groups (broad SMARTS) is 1. The van der Waals surface area contributed by atoms with Gasteiger partial charge in [-0.3, -0.25) is 0 Å². The molecule has 0 saturated heterocycles. The molecule has 0 bridgehead atoms. The third-order valence-electron chi connectivity index (χ3n) is 3.57. The zero-order valence-corrected chi connectivity index (χ0v) is 15.2. The van der Waals surface area contributed by atoms with Crippen molar-refractivity contribution in [1.82, 2.24) is 15.0 Å². The number of rotatable bonds is 6. The van der Waals surface area contributed by atoms with Crippen molar-refractivity contribution in [2.75, 3.05) is 11.9 Å². The maximum atomic E-state index is 13.1. The van der Waals surface area contributed by atoms with Crippen LogP contribution in [0.3, 0.4) is 0 Å². The summed E-state index contributed by atoms with van der Waals surface area (Å²) in [6, 6.07) is 3.44. The van der Waals surface area contributed by atoms with Crippen molar-refractivity contribution in [1.29, 1.82) is 0 Å². The van der Waals surface area contributed by atoms with E-state index in [1.54, 1.807) is 32.2 Å². The summed E-state index contributed by atoms with van der Waals surface area (Å²) in [4.78, 5) is 25.1. The van der Waals surface area contributed by atoms with Crippen molar-refractivity contribution in [3.63, 3.8) is 0 Å². The van der Waals surface area contributed by atoms with E-state index in [9.17, 15) is 14.3 Å². The number of aryl methyl sites for hydroxylation is 2. The second-order valence-corrected chi connectivity index (χ2v) is 6.73. The molecule has 0 aliphatic heterocycles. The minimum atomic E-state index is -1.13. The number of anilines is 2. The minimum absolute atomic E-state index is 0.120. The third kappa shape index (κ3) is 3.57. The number of aromatic nitrogens is 3. The summed E-state index contributed by atoms with van der Waals surface area (Å²) >= 11 is 1.10. The van der Waals surface area contributed by atoms with E-state index in [-0.39, 0.29) is 17.4 Å². The van der Waals surface area contributed by atoms with Gasteiger partial charge in [-0.05, 0) is 38.5 Å². The third-order valence-corrected chi connectivity index (χ3v) is 4.74. The van der Waals surface area contributed by atoms with E-state index >= 15 is 0 Å². The van der Waals surface area contributed by atoms with Gasteiger partial charge in [-0.15, -0.1) is 11.3 Å². The zero-order valence-electron chi connectivity index (χ0n) is 14.4. The largest absolute Gasteiger partial charge is 0.477 e. The number of carbonyl (C=O) groups is 1. The van der Waals surface area contributed by atoms with Gasteiger partial charge in [-0.2, -0.15) is 0 Å². The number of nitrogens with one attached hydrogen (secondary N) is 1. The van der Waals surface area contributed by atoms with Crippen LogP contribution in [0.15, 0.2) is 18.3 Å². The summed E-state index contributed by atoms with van der Waals surface area (Å²) in [6.45, 7) is 4.73. The Balaban J connectivity index is 2.06. The molecule has 0 saturated carbocycles. The number of hydrogen-bond donors (Lipinski definition) is 2. The Morgan fingerprint density at radius 3 is 2.88 bits per heavy atom. The lowest BCUT2D eigenvalue weighted by molar-refractivity contribution is 0.0701. The number of ether oxygens (including phenoxy) is 1. The normalized spacial score (nSPS) is 12.2. The van der Waals surface area contributed by atoms with Gasteiger partial charge in [0.05, 0.1) is 5.39 Å². The van der Waals surface area contributed by atoms with Gasteiger partial charge in [0, 0.05) is 6.20 Å². The first-order valence-corrected chi connectivity index (χ1v) is 8.68. The molecule has 3 heterocycles. The molecule has 0 aromatic carbocycles. The summed E-state index contributed by atoms with van der Waals surface area (Å²) in [5.74, 6) is 0.200. The fourth-order valence-corrected chi connectivity index (χ4v) is 3.53. The second kappa shape index (κ2) is 7.20. The molecular formula is C17H17FN4O3S. The number of carboxylic acids is 1. The molecule has 26 heavy (non-hydrogen) atoms. The highest BCUT2D eigenvalue weighted by Crippen LogP contribution is 2.36. The van der Waals surface area contributed by atoms with E-state index in [2.05, 4.69) is 20.3 Å². The molecule has 7 nitrogen and oxygen atoms in total. The fourth-order valence-electron chi connectivity index (χ4n) is 2.46. The quantitative estimate of drug-likeness (QED) is 0.674. The van der Waals surface area contributed by atoms with Crippen LogP contribution in [0.1, 0.15) is 28.0 Å². The standard InChI is InChI=1S/C17H17FN4O3S/c1-8(18)7-25-15-11(5-4-6-19-15)22-14-12-9(2)13(17(23)24)26-16(12)21-10(3)20-14/h4-6,8H,7H2,1-3H3,(H,23,24)(H,20,21,22). The molecule has 0 aliphatic rings. The first kappa shape index (κ1) is 18.0. The topological polar surface area (TPSA) is 97.2 Å². The molecule has 0 spiro atoms. The van der Waals surface area contributed by atoms with Gasteiger partial charge in [-0.25, -0.2) is 24.1 Å². The highest BCUT2D eigenvalue weighted by atomic mass is 32.1. The van der Waals surface area contributed by atoms with Crippen LogP contribution in [0.5, 0.6) is 5.88 Å². The summed E-state index contributed by atoms with van der Waals surface area (Å²) in [5.41, 5.74) is 1.10. The summed E-state index contributed by atoms with van der Waals surface area (Å²) in [5, 5.41) is 13.1. The van der Waals surface area contributed by atoms with E-state index in [1.807, 2.05) is 0 Å². The van der Waals surface area contributed by atoms with Gasteiger partial charge >= 0.3 is 5.97 Å². The Kier molecular flexibility index (Phi) is 4.99. The summed E-state index contributed by atoms with van der Waals surface area (Å²) in [7, 11) is 0. The monoisotopic (exact) mass is 376 g/mol. The van der Waals surface area contributed by atoms with E-state index in [0.29, 0.717) is 33.1 Å². The number of pyridine rings is 1. The van der Waals surface area contributed by atoms with Crippen LogP contribution in [0, 0.1) is 13.8 Å². The molecule has 3 rings (SSSR count). The Bertz CT molecular complexity index is 974. The van der Waals surface area contributed by atoms with E-state index in [4.69, 9.17) is 4.74 Å². The van der Waals surface area contributed by atoms with Crippen molar-refractivity contribution < 1.29 is 19.0 Å². The zero-order chi connectivity index (χ0) is 18.8. The van der Waals surface area contributed by atoms with E-state index < -0.39 is 12.1 Å². The Morgan fingerprint density at radius 1 is 1.42 bits per heavy atom. The van der Waals surface area contributed by atoms with Crippen molar-refractivity contribution in [3.8, 4) is 5.88 Å². The highest BCUT2D eigenvalue weighted by molar-refractivity contribution is 7.20. The SMILES string of the molecule is Cc1nc(Nc2cccnc2OCC(C)F)c2c(C)c(C(=O)O)sc2n1. The molecule has 9 heteroatoms. The molecule has 136 valence electrons. The Labute approximate surface area is 152 Å². The van der Waals surface area contributed by atoms with Crippen LogP contribution >= 0.6 is 11.3 Å². The predicted octanol–water partition coefficient (Wildman–Crippen LogP) is 3.88. The average molecular weight is 376 g/mol. The molecule has 3 aromatic heterocycles. The lowest BCUT2D eigenvalue weighted by Crippen LogP contribution is -2.10. The molecule has 1 atom stereocenters. The first-order valence-electron chi connectivity index (χ1n) is 7.86. The number of hydrogen-bond acceptors (Lipinski definition) is 7. The number of alkyl halides is 1. The van der Waals surface area contributed by atoms with E-state index in [0.717, 1.165) is 11.3 Å². The summed E-state index contributed by atoms with van der Waals surface area (Å²) in [6.07, 6.45) is 0.415. The number of aromatic carboxylic acids is 1. The molecular weight excluding hydrogens is 359 g/mol. The molecule has 0 amide bonds. The van der Waals surface area contributed by atoms with Crippen LogP contribution in [0.2, 0.25) is 0 Å². The van der Waals surface area contributed by atoms with Gasteiger partial charge < -0.3 is 15.2 Å². The van der Waals surface area contributed by atoms with Crippen LogP contribution in [-0.4, -0.2) is 38.8 Å². The second-order valence-electron chi connectivity index (χ2n) is 5.73. The first-order chi connectivity index (χ1) is 12.4. The fraction of sp³-hybridized carbons (Fsp3) is 0.294. The van der Waals surface area contributed by atoms with Crippen molar-refractivity contribution in [2.24, 2.45) is 0 Å². The maximum Gasteiger partial charge on any atom is 0.346 e. The average Bonchev–Trinajstić information content (AvgIpc) is 2.91. The van der Waals surface area contributed by atoms with E-state index in [1.165, 1.54) is 6.92 Å². The van der Waals surface area contributed by atoms with Crippen LogP contribution in [-0.2, 0) is 0 Å². The number of thiophene rings is 1. The van der Waals surface area contributed by atoms with Crippen LogP contribution in [0.4, 0.5) is 15.9 Å². The van der Waals surface area contributed by atoms with Gasteiger partial charge in [0.2, 0.25) is 5.88 Å². The molecule has 1 unspecified atom stereocenters. The molecule has 0 aliphatic carbocycles. The molecule has 2 N–H and O–H groups in total. The highest BCUT2D eigenvalue weighted by Gasteiger charge is 2.20. The van der Waals surface area contributed by atoms with Crippen LogP contribution in [0.25, 0.3) is 10.2 Å². The van der Waals surface area contributed by atoms with Crippen molar-refractivity contribution >= 4 is 39.0 Å². The van der Waals surface area contributed by atoms with Crippen LogP contribution < -0.4 is 10.1 Å². The summed E-state index contributed by atoms with van der Waals surface area (Å²) < 4.78 is 18.5. The van der Waals surface area contributed by atoms with Gasteiger partial charge in [0.15, 0.2) is 0 Å². The smallest absolute Gasteiger partial charge is 0.346 e.